The summed E-state index contributed by atoms with van der Waals surface area (Å²) in [6.45, 7) is 0. The van der Waals surface area contributed by atoms with E-state index in [9.17, 15) is 14.0 Å². The normalized spacial score (nSPS) is 11.5. The fraction of sp³-hybridized carbons (Fsp3) is 0. The topological polar surface area (TPSA) is 26.1 Å². The summed E-state index contributed by atoms with van der Waals surface area (Å²) in [6, 6.07) is 10.8. The first kappa shape index (κ1) is 11.3. The van der Waals surface area contributed by atoms with E-state index < -0.39 is 5.82 Å². The van der Waals surface area contributed by atoms with Gasteiger partial charge in [-0.05, 0) is 30.3 Å². The number of hydrogen-bond donors (Lipinski definition) is 0. The van der Waals surface area contributed by atoms with E-state index in [0.29, 0.717) is 10.3 Å². The third-order valence-electron chi connectivity index (χ3n) is 2.20. The molecule has 2 aromatic carbocycles. The number of nitrogens with zero attached hydrogens (tertiary/aromatic N) is 1. The highest BCUT2D eigenvalue weighted by Crippen LogP contribution is 2.12. The van der Waals surface area contributed by atoms with Crippen LogP contribution in [0.15, 0.2) is 48.5 Å². The second-order valence-electron chi connectivity index (χ2n) is 3.49. The molecule has 0 fully saturated rings. The van der Waals surface area contributed by atoms with E-state index in [4.69, 9.17) is 0 Å². The molecule has 0 spiro atoms. The van der Waals surface area contributed by atoms with Crippen LogP contribution < -0.4 is 0 Å². The lowest BCUT2D eigenvalue weighted by atomic mass is 10.2. The second-order valence-corrected chi connectivity index (χ2v) is 3.49. The Labute approximate surface area is 97.0 Å². The van der Waals surface area contributed by atoms with Gasteiger partial charge in [0.1, 0.15) is 11.6 Å². The maximum Gasteiger partial charge on any atom is 0.219 e. The lowest BCUT2D eigenvalue weighted by molar-refractivity contribution is -0.354. The Morgan fingerprint density at radius 3 is 2.29 bits per heavy atom. The standard InChI is InChI=1S/C13H9F2NO/c14-11-6-4-10(5-7-11)9-16(17)13-3-1-2-12(15)8-13/h1-9H. The van der Waals surface area contributed by atoms with Gasteiger partial charge in [-0.1, -0.05) is 6.07 Å². The molecule has 0 bridgehead atoms. The summed E-state index contributed by atoms with van der Waals surface area (Å²) in [6.07, 6.45) is 1.26. The van der Waals surface area contributed by atoms with Crippen molar-refractivity contribution in [3.8, 4) is 0 Å². The molecule has 0 saturated carbocycles. The van der Waals surface area contributed by atoms with Gasteiger partial charge in [-0.15, -0.1) is 0 Å². The number of halogens is 2. The van der Waals surface area contributed by atoms with E-state index >= 15 is 0 Å². The largest absolute Gasteiger partial charge is 0.618 e. The van der Waals surface area contributed by atoms with E-state index in [-0.39, 0.29) is 11.5 Å². The number of rotatable bonds is 2. The van der Waals surface area contributed by atoms with Crippen LogP contribution in [0.1, 0.15) is 5.56 Å². The average Bonchev–Trinajstić information content (AvgIpc) is 2.32. The maximum atomic E-state index is 12.9. The minimum atomic E-state index is -0.476. The summed E-state index contributed by atoms with van der Waals surface area (Å²) in [4.78, 5) is 0. The molecular weight excluding hydrogens is 224 g/mol. The van der Waals surface area contributed by atoms with Gasteiger partial charge in [0.2, 0.25) is 5.69 Å². The molecule has 0 heterocycles. The van der Waals surface area contributed by atoms with E-state index in [1.165, 1.54) is 48.7 Å². The third kappa shape index (κ3) is 2.87. The zero-order chi connectivity index (χ0) is 12.3. The van der Waals surface area contributed by atoms with Crippen molar-refractivity contribution in [2.45, 2.75) is 0 Å². The molecule has 0 saturated heterocycles. The summed E-state index contributed by atoms with van der Waals surface area (Å²) in [5.74, 6) is -0.846. The molecule has 4 heteroatoms. The fourth-order valence-corrected chi connectivity index (χ4v) is 1.37. The van der Waals surface area contributed by atoms with Crippen LogP contribution in [0, 0.1) is 16.8 Å². The highest BCUT2D eigenvalue weighted by molar-refractivity contribution is 5.76. The number of hydrogen-bond acceptors (Lipinski definition) is 1. The van der Waals surface area contributed by atoms with Crippen LogP contribution in [0.5, 0.6) is 0 Å². The smallest absolute Gasteiger partial charge is 0.219 e. The van der Waals surface area contributed by atoms with Crippen molar-refractivity contribution in [2.24, 2.45) is 0 Å². The monoisotopic (exact) mass is 233 g/mol. The van der Waals surface area contributed by atoms with Crippen LogP contribution in [-0.2, 0) is 0 Å². The van der Waals surface area contributed by atoms with Crippen molar-refractivity contribution in [1.29, 1.82) is 0 Å². The zero-order valence-electron chi connectivity index (χ0n) is 8.81. The van der Waals surface area contributed by atoms with E-state index in [0.717, 1.165) is 6.07 Å². The average molecular weight is 233 g/mol. The quantitative estimate of drug-likeness (QED) is 0.338. The molecule has 0 radical (unpaired) electrons. The van der Waals surface area contributed by atoms with Crippen LogP contribution in [0.3, 0.4) is 0 Å². The Morgan fingerprint density at radius 2 is 1.65 bits per heavy atom. The molecule has 0 aliphatic carbocycles. The summed E-state index contributed by atoms with van der Waals surface area (Å²) in [5, 5.41) is 11.7. The Hall–Kier alpha value is -2.23. The lowest BCUT2D eigenvalue weighted by Crippen LogP contribution is -1.99. The SMILES string of the molecule is [O-][N+](=Cc1ccc(F)cc1)c1cccc(F)c1. The van der Waals surface area contributed by atoms with Gasteiger partial charge in [0.15, 0.2) is 6.21 Å². The molecule has 0 atom stereocenters. The summed E-state index contributed by atoms with van der Waals surface area (Å²) >= 11 is 0. The minimum Gasteiger partial charge on any atom is -0.618 e. The van der Waals surface area contributed by atoms with Gasteiger partial charge in [-0.2, -0.15) is 4.74 Å². The van der Waals surface area contributed by atoms with Gasteiger partial charge in [0.25, 0.3) is 0 Å². The fourth-order valence-electron chi connectivity index (χ4n) is 1.37. The molecular formula is C13H9F2NO. The Morgan fingerprint density at radius 1 is 0.941 bits per heavy atom. The van der Waals surface area contributed by atoms with Crippen molar-refractivity contribution in [3.05, 3.63) is 70.9 Å². The summed E-state index contributed by atoms with van der Waals surface area (Å²) in [5.41, 5.74) is 0.736. The van der Waals surface area contributed by atoms with Gasteiger partial charge in [0, 0.05) is 17.7 Å². The van der Waals surface area contributed by atoms with E-state index in [1.807, 2.05) is 0 Å². The van der Waals surface area contributed by atoms with E-state index in [2.05, 4.69) is 0 Å². The van der Waals surface area contributed by atoms with Gasteiger partial charge < -0.3 is 5.21 Å². The van der Waals surface area contributed by atoms with Gasteiger partial charge in [-0.25, -0.2) is 8.78 Å². The predicted octanol–water partition coefficient (Wildman–Crippen LogP) is 3.23. The predicted molar refractivity (Wildman–Crippen MR) is 61.3 cm³/mol. The first-order valence-corrected chi connectivity index (χ1v) is 4.97. The molecule has 2 nitrogen and oxygen atoms in total. The Balaban J connectivity index is 2.30. The minimum absolute atomic E-state index is 0.189. The van der Waals surface area contributed by atoms with Crippen LogP contribution in [0.25, 0.3) is 0 Å². The summed E-state index contributed by atoms with van der Waals surface area (Å²) in [7, 11) is 0. The molecule has 0 aliphatic rings. The highest BCUT2D eigenvalue weighted by Gasteiger charge is 2.03. The van der Waals surface area contributed by atoms with Gasteiger partial charge >= 0.3 is 0 Å². The first-order chi connectivity index (χ1) is 8.15. The van der Waals surface area contributed by atoms with Crippen LogP contribution >= 0.6 is 0 Å². The van der Waals surface area contributed by atoms with Crippen LogP contribution in [0.4, 0.5) is 14.5 Å². The molecule has 2 rings (SSSR count). The molecule has 0 aliphatic heterocycles. The molecule has 0 N–H and O–H groups in total. The van der Waals surface area contributed by atoms with Gasteiger partial charge in [-0.3, -0.25) is 0 Å². The van der Waals surface area contributed by atoms with Crippen LogP contribution in [0.2, 0.25) is 0 Å². The second kappa shape index (κ2) is 4.74. The van der Waals surface area contributed by atoms with Crippen molar-refractivity contribution in [2.75, 3.05) is 0 Å². The first-order valence-electron chi connectivity index (χ1n) is 4.97. The summed E-state index contributed by atoms with van der Waals surface area (Å²) < 4.78 is 26.1. The van der Waals surface area contributed by atoms with Crippen molar-refractivity contribution < 1.29 is 13.5 Å². The van der Waals surface area contributed by atoms with Crippen molar-refractivity contribution in [3.63, 3.8) is 0 Å². The lowest BCUT2D eigenvalue weighted by Gasteiger charge is -2.02. The van der Waals surface area contributed by atoms with Gasteiger partial charge in [0.05, 0.1) is 0 Å². The molecule has 2 aromatic rings. The number of benzene rings is 2. The molecule has 0 aromatic heterocycles. The molecule has 17 heavy (non-hydrogen) atoms. The molecule has 0 amide bonds. The molecule has 0 unspecified atom stereocenters. The van der Waals surface area contributed by atoms with Crippen LogP contribution in [-0.4, -0.2) is 11.0 Å². The molecule has 86 valence electrons. The van der Waals surface area contributed by atoms with Crippen molar-refractivity contribution in [1.82, 2.24) is 0 Å². The Kier molecular flexibility index (Phi) is 3.14. The maximum absolute atomic E-state index is 12.9. The highest BCUT2D eigenvalue weighted by atomic mass is 19.1. The third-order valence-corrected chi connectivity index (χ3v) is 2.20. The van der Waals surface area contributed by atoms with Crippen molar-refractivity contribution >= 4 is 11.9 Å². The Bertz CT molecular complexity index is 550. The zero-order valence-corrected chi connectivity index (χ0v) is 8.81. The van der Waals surface area contributed by atoms with E-state index in [1.54, 1.807) is 0 Å².